The number of hydrogen-bond acceptors (Lipinski definition) is 7. The van der Waals surface area contributed by atoms with Gasteiger partial charge in [0.25, 0.3) is 0 Å². The number of aliphatic hydroxyl groups excluding tert-OH is 1. The van der Waals surface area contributed by atoms with Gasteiger partial charge < -0.3 is 25.0 Å². The molecule has 0 aliphatic rings. The van der Waals surface area contributed by atoms with Crippen LogP contribution in [0.2, 0.25) is 0 Å². The summed E-state index contributed by atoms with van der Waals surface area (Å²) in [7, 11) is -0.360. The van der Waals surface area contributed by atoms with Gasteiger partial charge in [0.1, 0.15) is 5.75 Å². The maximum Gasteiger partial charge on any atom is 0.229 e. The van der Waals surface area contributed by atoms with E-state index in [0.717, 1.165) is 17.2 Å². The third kappa shape index (κ3) is 7.41. The van der Waals surface area contributed by atoms with Gasteiger partial charge in [-0.15, -0.1) is 0 Å². The van der Waals surface area contributed by atoms with E-state index in [1.165, 1.54) is 23.1 Å². The molecule has 2 atom stereocenters. The topological polar surface area (TPSA) is 117 Å². The van der Waals surface area contributed by atoms with Gasteiger partial charge in [-0.25, -0.2) is 8.42 Å². The summed E-state index contributed by atoms with van der Waals surface area (Å²) in [5, 5.41) is 26.8. The highest BCUT2D eigenvalue weighted by Crippen LogP contribution is 2.32. The zero-order valence-electron chi connectivity index (χ0n) is 22.2. The monoisotopic (exact) mass is 550 g/mol. The molecule has 0 aromatic heterocycles. The Hall–Kier alpha value is -3.79. The predicted molar refractivity (Wildman–Crippen MR) is 154 cm³/mol. The van der Waals surface area contributed by atoms with Crippen molar-refractivity contribution in [3.05, 3.63) is 95.6 Å². The molecule has 206 valence electrons. The Balaban J connectivity index is 1.56. The van der Waals surface area contributed by atoms with Crippen molar-refractivity contribution < 1.29 is 28.1 Å². The fourth-order valence-corrected chi connectivity index (χ4v) is 5.24. The first-order valence-electron chi connectivity index (χ1n) is 12.6. The number of fused-ring (bicyclic) bond motifs is 1. The summed E-state index contributed by atoms with van der Waals surface area (Å²) >= 11 is 0. The molecular weight excluding hydrogens is 516 g/mol. The minimum Gasteiger partial charge on any atom is -0.506 e. The molecule has 39 heavy (non-hydrogen) atoms. The Bertz CT molecular complexity index is 1530. The van der Waals surface area contributed by atoms with Crippen LogP contribution in [0.15, 0.2) is 78.9 Å². The lowest BCUT2D eigenvalue weighted by Gasteiger charge is -2.23. The maximum atomic E-state index is 11.6. The van der Waals surface area contributed by atoms with E-state index in [9.17, 15) is 18.6 Å². The van der Waals surface area contributed by atoms with Crippen LogP contribution in [0.5, 0.6) is 17.2 Å². The highest BCUT2D eigenvalue weighted by Gasteiger charge is 2.18. The molecular formula is C30H34N2O6S. The number of rotatable bonds is 12. The molecule has 0 saturated heterocycles. The molecule has 0 aliphatic heterocycles. The zero-order chi connectivity index (χ0) is 28.0. The number of aliphatic hydroxyl groups is 1. The number of sulfonamides is 1. The number of aromatic hydroxyl groups is 1. The van der Waals surface area contributed by atoms with E-state index in [-0.39, 0.29) is 30.4 Å². The van der Waals surface area contributed by atoms with Crippen molar-refractivity contribution in [1.82, 2.24) is 5.32 Å². The number of hydrogen-bond donors (Lipinski definition) is 4. The number of benzene rings is 4. The minimum atomic E-state index is -3.56. The van der Waals surface area contributed by atoms with E-state index in [2.05, 4.69) is 34.3 Å². The van der Waals surface area contributed by atoms with Crippen molar-refractivity contribution in [2.75, 3.05) is 31.7 Å². The molecule has 9 heteroatoms. The number of nitrogens with one attached hydrogen (secondary N) is 2. The van der Waals surface area contributed by atoms with Crippen LogP contribution in [0.3, 0.4) is 0 Å². The molecule has 4 aromatic carbocycles. The van der Waals surface area contributed by atoms with Crippen molar-refractivity contribution >= 4 is 26.5 Å². The summed E-state index contributed by atoms with van der Waals surface area (Å²) < 4.78 is 36.5. The molecule has 0 heterocycles. The molecule has 2 unspecified atom stereocenters. The zero-order valence-corrected chi connectivity index (χ0v) is 23.0. The SMILES string of the molecule is COc1ccc(C(Cc2cccc3ccccc23)NCC(O)Cc2ccc(O)c(NS(C)(=O)=O)c2)cc1OC. The van der Waals surface area contributed by atoms with Crippen molar-refractivity contribution in [2.24, 2.45) is 0 Å². The molecule has 0 bridgehead atoms. The van der Waals surface area contributed by atoms with Gasteiger partial charge in [0.15, 0.2) is 11.5 Å². The Labute approximate surface area is 229 Å². The first kappa shape index (κ1) is 28.2. The second kappa shape index (κ2) is 12.4. The highest BCUT2D eigenvalue weighted by atomic mass is 32.2. The average molecular weight is 551 g/mol. The van der Waals surface area contributed by atoms with Crippen molar-refractivity contribution in [3.63, 3.8) is 0 Å². The molecule has 0 amide bonds. The summed E-state index contributed by atoms with van der Waals surface area (Å²) in [5.74, 6) is 1.08. The van der Waals surface area contributed by atoms with Gasteiger partial charge in [0.2, 0.25) is 10.0 Å². The Morgan fingerprint density at radius 3 is 2.36 bits per heavy atom. The van der Waals surface area contributed by atoms with Gasteiger partial charge >= 0.3 is 0 Å². The van der Waals surface area contributed by atoms with Gasteiger partial charge in [-0.2, -0.15) is 0 Å². The second-order valence-electron chi connectivity index (χ2n) is 9.50. The highest BCUT2D eigenvalue weighted by molar-refractivity contribution is 7.92. The first-order chi connectivity index (χ1) is 18.7. The van der Waals surface area contributed by atoms with Crippen LogP contribution >= 0.6 is 0 Å². The Kier molecular flexibility index (Phi) is 8.96. The molecule has 0 spiro atoms. The van der Waals surface area contributed by atoms with Crippen LogP contribution in [0.1, 0.15) is 22.7 Å². The predicted octanol–water partition coefficient (Wildman–Crippen LogP) is 4.41. The smallest absolute Gasteiger partial charge is 0.229 e. The van der Waals surface area contributed by atoms with Gasteiger partial charge in [-0.3, -0.25) is 4.72 Å². The molecule has 0 radical (unpaired) electrons. The fraction of sp³-hybridized carbons (Fsp3) is 0.267. The largest absolute Gasteiger partial charge is 0.506 e. The van der Waals surface area contributed by atoms with E-state index in [1.54, 1.807) is 20.3 Å². The summed E-state index contributed by atoms with van der Waals surface area (Å²) in [6, 6.07) is 24.7. The first-order valence-corrected chi connectivity index (χ1v) is 14.5. The lowest BCUT2D eigenvalue weighted by Crippen LogP contribution is -2.32. The number of methoxy groups -OCH3 is 2. The molecule has 0 saturated carbocycles. The van der Waals surface area contributed by atoms with Crippen LogP contribution in [0.25, 0.3) is 10.8 Å². The van der Waals surface area contributed by atoms with E-state index < -0.39 is 16.1 Å². The summed E-state index contributed by atoms with van der Waals surface area (Å²) in [6.45, 7) is 0.277. The molecule has 8 nitrogen and oxygen atoms in total. The van der Waals surface area contributed by atoms with Crippen LogP contribution in [-0.4, -0.2) is 51.8 Å². The van der Waals surface area contributed by atoms with Crippen molar-refractivity contribution in [1.29, 1.82) is 0 Å². The molecule has 0 fully saturated rings. The normalized spacial score (nSPS) is 13.1. The number of anilines is 1. The van der Waals surface area contributed by atoms with Gasteiger partial charge in [-0.1, -0.05) is 54.6 Å². The Morgan fingerprint density at radius 1 is 0.872 bits per heavy atom. The van der Waals surface area contributed by atoms with Crippen LogP contribution in [-0.2, 0) is 22.9 Å². The standard InChI is InChI=1S/C30H34N2O6S/c1-37-29-14-12-23(18-30(29)38-2)26(17-22-9-6-8-21-7-4-5-10-25(21)22)31-19-24(33)15-20-11-13-28(34)27(16-20)32-39(3,35)36/h4-14,16,18,24,26,31-34H,15,17,19H2,1-3H3. The van der Waals surface area contributed by atoms with Crippen LogP contribution < -0.4 is 19.5 Å². The van der Waals surface area contributed by atoms with Gasteiger partial charge in [0.05, 0.1) is 32.3 Å². The summed E-state index contributed by atoms with van der Waals surface area (Å²) in [6.07, 6.45) is 1.18. The lowest BCUT2D eigenvalue weighted by molar-refractivity contribution is 0.167. The minimum absolute atomic E-state index is 0.0781. The molecule has 0 aliphatic carbocycles. The fourth-order valence-electron chi connectivity index (χ4n) is 4.68. The summed E-state index contributed by atoms with van der Waals surface area (Å²) in [5.41, 5.74) is 2.92. The van der Waals surface area contributed by atoms with Gasteiger partial charge in [0, 0.05) is 12.6 Å². The molecule has 4 rings (SSSR count). The third-order valence-corrected chi connectivity index (χ3v) is 7.13. The third-order valence-electron chi connectivity index (χ3n) is 6.54. The quantitative estimate of drug-likeness (QED) is 0.193. The second-order valence-corrected chi connectivity index (χ2v) is 11.2. The number of phenols is 1. The average Bonchev–Trinajstić information content (AvgIpc) is 2.91. The van der Waals surface area contributed by atoms with Crippen LogP contribution in [0, 0.1) is 0 Å². The summed E-state index contributed by atoms with van der Waals surface area (Å²) in [4.78, 5) is 0. The van der Waals surface area contributed by atoms with E-state index in [4.69, 9.17) is 9.47 Å². The Morgan fingerprint density at radius 2 is 1.62 bits per heavy atom. The maximum absolute atomic E-state index is 11.6. The van der Waals surface area contributed by atoms with E-state index in [0.29, 0.717) is 23.5 Å². The molecule has 4 N–H and O–H groups in total. The van der Waals surface area contributed by atoms with Crippen molar-refractivity contribution in [2.45, 2.75) is 25.0 Å². The molecule has 4 aromatic rings. The van der Waals surface area contributed by atoms with Crippen LogP contribution in [0.4, 0.5) is 5.69 Å². The number of phenolic OH excluding ortho intramolecular Hbond substituents is 1. The van der Waals surface area contributed by atoms with Gasteiger partial charge in [-0.05, 0) is 64.6 Å². The van der Waals surface area contributed by atoms with E-state index in [1.807, 2.05) is 36.4 Å². The van der Waals surface area contributed by atoms with Crippen molar-refractivity contribution in [3.8, 4) is 17.2 Å². The lowest BCUT2D eigenvalue weighted by atomic mass is 9.94. The van der Waals surface area contributed by atoms with E-state index >= 15 is 0 Å². The number of ether oxygens (including phenoxy) is 2.